The van der Waals surface area contributed by atoms with Crippen molar-refractivity contribution in [1.29, 1.82) is 0 Å². The van der Waals surface area contributed by atoms with Gasteiger partial charge in [0.15, 0.2) is 0 Å². The molecule has 1 heterocycles. The highest BCUT2D eigenvalue weighted by Gasteiger charge is 2.42. The molecule has 1 atom stereocenters. The predicted octanol–water partition coefficient (Wildman–Crippen LogP) is 1.51. The lowest BCUT2D eigenvalue weighted by Crippen LogP contribution is -2.57. The summed E-state index contributed by atoms with van der Waals surface area (Å²) < 4.78 is 37.5. The molecule has 0 spiro atoms. The van der Waals surface area contributed by atoms with Crippen LogP contribution in [0, 0.1) is 0 Å². The Morgan fingerprint density at radius 3 is 2.32 bits per heavy atom. The van der Waals surface area contributed by atoms with E-state index in [0.717, 1.165) is 0 Å². The van der Waals surface area contributed by atoms with Crippen LogP contribution in [0.15, 0.2) is 23.7 Å². The molecule has 0 aromatic heterocycles. The Kier molecular flexibility index (Phi) is 7.36. The van der Waals surface area contributed by atoms with E-state index in [2.05, 4.69) is 5.32 Å². The first-order valence-corrected chi connectivity index (χ1v) is 6.25. The summed E-state index contributed by atoms with van der Waals surface area (Å²) in [5, 5.41) is 2.42. The van der Waals surface area contributed by atoms with Gasteiger partial charge in [0.05, 0.1) is 5.82 Å². The third-order valence-corrected chi connectivity index (χ3v) is 2.45. The predicted molar refractivity (Wildman–Crippen MR) is 71.0 cm³/mol. The van der Waals surface area contributed by atoms with Gasteiger partial charge in [-0.3, -0.25) is 0 Å². The average Bonchev–Trinajstić information content (AvgIpc) is 2.37. The molecule has 1 unspecified atom stereocenters. The van der Waals surface area contributed by atoms with Crippen molar-refractivity contribution < 1.29 is 13.2 Å². The van der Waals surface area contributed by atoms with Crippen LogP contribution >= 0.6 is 0 Å². The largest absolute Gasteiger partial charge is 0.405 e. The topological polar surface area (TPSA) is 67.3 Å². The van der Waals surface area contributed by atoms with E-state index in [0.29, 0.717) is 18.1 Å². The van der Waals surface area contributed by atoms with E-state index in [1.807, 2.05) is 13.8 Å². The minimum atomic E-state index is -4.25. The second-order valence-electron chi connectivity index (χ2n) is 4.00. The first-order chi connectivity index (χ1) is 8.80. The first-order valence-electron chi connectivity index (χ1n) is 6.25. The maximum Gasteiger partial charge on any atom is 0.405 e. The van der Waals surface area contributed by atoms with E-state index < -0.39 is 12.2 Å². The quantitative estimate of drug-likeness (QED) is 0.671. The summed E-state index contributed by atoms with van der Waals surface area (Å²) in [4.78, 5) is 1.49. The van der Waals surface area contributed by atoms with Crippen molar-refractivity contribution in [3.63, 3.8) is 0 Å². The molecule has 4 nitrogen and oxygen atoms in total. The highest BCUT2D eigenvalue weighted by molar-refractivity contribution is 5.13. The van der Waals surface area contributed by atoms with Crippen LogP contribution in [0.25, 0.3) is 0 Å². The Morgan fingerprint density at radius 2 is 1.84 bits per heavy atom. The van der Waals surface area contributed by atoms with Gasteiger partial charge in [-0.15, -0.1) is 0 Å². The molecule has 7 heteroatoms. The second-order valence-corrected chi connectivity index (χ2v) is 4.00. The summed E-state index contributed by atoms with van der Waals surface area (Å²) in [7, 11) is 0. The van der Waals surface area contributed by atoms with Crippen molar-refractivity contribution in [3.05, 3.63) is 23.7 Å². The molecule has 1 aliphatic heterocycles. The number of piperazine rings is 1. The number of nitrogens with zero attached hydrogens (tertiary/aromatic N) is 1. The number of halogens is 3. The van der Waals surface area contributed by atoms with Crippen molar-refractivity contribution in [2.45, 2.75) is 33.0 Å². The molecule has 0 amide bonds. The highest BCUT2D eigenvalue weighted by atomic mass is 19.4. The van der Waals surface area contributed by atoms with E-state index in [9.17, 15) is 13.2 Å². The van der Waals surface area contributed by atoms with Crippen molar-refractivity contribution in [3.8, 4) is 0 Å². The Labute approximate surface area is 112 Å². The maximum atomic E-state index is 12.5. The lowest BCUT2D eigenvalue weighted by Gasteiger charge is -2.35. The van der Waals surface area contributed by atoms with Crippen molar-refractivity contribution >= 4 is 0 Å². The molecule has 0 saturated carbocycles. The van der Waals surface area contributed by atoms with Crippen LogP contribution in [0.5, 0.6) is 0 Å². The number of alkyl halides is 3. The fraction of sp³-hybridized carbons (Fsp3) is 0.667. The average molecular weight is 280 g/mol. The Bertz CT molecular complexity index is 319. The standard InChI is InChI=1S/C10H17F3N4.C2H6/c1-7(14)2-3-9(15)17-5-4-16-8(6-17)10(11,12)13;1-2/h2-3,8,16H,4-6,14-15H2,1H3;1-2H3/b7-2-,9-3+;. The third kappa shape index (κ3) is 6.37. The number of nitrogens with one attached hydrogen (secondary N) is 1. The molecule has 1 fully saturated rings. The van der Waals surface area contributed by atoms with E-state index in [4.69, 9.17) is 11.5 Å². The normalized spacial score (nSPS) is 21.8. The molecule has 5 N–H and O–H groups in total. The fourth-order valence-electron chi connectivity index (χ4n) is 1.53. The van der Waals surface area contributed by atoms with Crippen molar-refractivity contribution in [2.24, 2.45) is 11.5 Å². The van der Waals surface area contributed by atoms with E-state index >= 15 is 0 Å². The number of allylic oxidation sites excluding steroid dienone is 3. The zero-order valence-electron chi connectivity index (χ0n) is 11.6. The SMILES string of the molecule is C/C(N)=C/C=C(\N)N1CCNC(C(F)(F)F)C1.CC. The van der Waals surface area contributed by atoms with Crippen LogP contribution in [-0.4, -0.2) is 36.8 Å². The van der Waals surface area contributed by atoms with Gasteiger partial charge in [-0.2, -0.15) is 13.2 Å². The molecular weight excluding hydrogens is 257 g/mol. The summed E-state index contributed by atoms with van der Waals surface area (Å²) in [6.07, 6.45) is -1.16. The van der Waals surface area contributed by atoms with Gasteiger partial charge in [-0.05, 0) is 19.1 Å². The van der Waals surface area contributed by atoms with E-state index in [1.165, 1.54) is 11.0 Å². The Morgan fingerprint density at radius 1 is 1.26 bits per heavy atom. The lowest BCUT2D eigenvalue weighted by atomic mass is 10.2. The van der Waals surface area contributed by atoms with Gasteiger partial charge in [0, 0.05) is 25.3 Å². The number of nitrogens with two attached hydrogens (primary N) is 2. The van der Waals surface area contributed by atoms with Gasteiger partial charge in [-0.25, -0.2) is 0 Å². The van der Waals surface area contributed by atoms with E-state index in [-0.39, 0.29) is 13.1 Å². The van der Waals surface area contributed by atoms with Crippen LogP contribution in [0.2, 0.25) is 0 Å². The fourth-order valence-corrected chi connectivity index (χ4v) is 1.53. The Hall–Kier alpha value is -1.37. The summed E-state index contributed by atoms with van der Waals surface area (Å²) >= 11 is 0. The van der Waals surface area contributed by atoms with Crippen LogP contribution in [0.4, 0.5) is 13.2 Å². The molecule has 0 bridgehead atoms. The molecule has 0 radical (unpaired) electrons. The molecule has 1 aliphatic rings. The van der Waals surface area contributed by atoms with Gasteiger partial charge >= 0.3 is 6.18 Å². The van der Waals surface area contributed by atoms with Crippen LogP contribution < -0.4 is 16.8 Å². The third-order valence-electron chi connectivity index (χ3n) is 2.45. The molecule has 112 valence electrons. The lowest BCUT2D eigenvalue weighted by molar-refractivity contribution is -0.163. The minimum absolute atomic E-state index is 0.177. The Balaban J connectivity index is 0.00000154. The smallest absolute Gasteiger partial charge is 0.402 e. The molecular formula is C12H23F3N4. The number of rotatable bonds is 2. The van der Waals surface area contributed by atoms with Crippen LogP contribution in [-0.2, 0) is 0 Å². The van der Waals surface area contributed by atoms with Gasteiger partial charge in [0.2, 0.25) is 0 Å². The summed E-state index contributed by atoms with van der Waals surface area (Å²) in [5.41, 5.74) is 11.7. The zero-order valence-corrected chi connectivity index (χ0v) is 11.6. The van der Waals surface area contributed by atoms with Gasteiger partial charge < -0.3 is 21.7 Å². The monoisotopic (exact) mass is 280 g/mol. The van der Waals surface area contributed by atoms with Gasteiger partial charge in [-0.1, -0.05) is 13.8 Å². The summed E-state index contributed by atoms with van der Waals surface area (Å²) in [6, 6.07) is -1.54. The molecule has 19 heavy (non-hydrogen) atoms. The van der Waals surface area contributed by atoms with Crippen molar-refractivity contribution in [2.75, 3.05) is 19.6 Å². The number of hydrogen-bond acceptors (Lipinski definition) is 4. The molecule has 0 aromatic rings. The van der Waals surface area contributed by atoms with E-state index in [1.54, 1.807) is 13.0 Å². The molecule has 1 saturated heterocycles. The second kappa shape index (κ2) is 7.93. The minimum Gasteiger partial charge on any atom is -0.402 e. The van der Waals surface area contributed by atoms with Crippen LogP contribution in [0.1, 0.15) is 20.8 Å². The highest BCUT2D eigenvalue weighted by Crippen LogP contribution is 2.23. The molecule has 0 aromatic carbocycles. The van der Waals surface area contributed by atoms with Gasteiger partial charge in [0.25, 0.3) is 0 Å². The zero-order chi connectivity index (χ0) is 15.1. The first kappa shape index (κ1) is 17.6. The van der Waals surface area contributed by atoms with Crippen LogP contribution in [0.3, 0.4) is 0 Å². The van der Waals surface area contributed by atoms with Crippen molar-refractivity contribution in [1.82, 2.24) is 10.2 Å². The maximum absolute atomic E-state index is 12.5. The number of hydrogen-bond donors (Lipinski definition) is 3. The summed E-state index contributed by atoms with van der Waals surface area (Å²) in [5.74, 6) is 0.297. The molecule has 0 aliphatic carbocycles. The van der Waals surface area contributed by atoms with Gasteiger partial charge in [0.1, 0.15) is 6.04 Å². The summed E-state index contributed by atoms with van der Waals surface area (Å²) in [6.45, 7) is 6.21. The molecule has 1 rings (SSSR count).